The van der Waals surface area contributed by atoms with Gasteiger partial charge in [0, 0.05) is 38.4 Å². The van der Waals surface area contributed by atoms with E-state index in [4.69, 9.17) is 4.74 Å². The Bertz CT molecular complexity index is 1070. The number of ether oxygens (including phenoxy) is 1. The number of urea groups is 1. The number of carbonyl (C=O) groups is 2. The zero-order valence-corrected chi connectivity index (χ0v) is 19.0. The van der Waals surface area contributed by atoms with Crippen molar-refractivity contribution in [1.29, 1.82) is 0 Å². The molecule has 2 aliphatic rings. The van der Waals surface area contributed by atoms with E-state index in [1.54, 1.807) is 6.92 Å². The smallest absolute Gasteiger partial charge is 0.337 e. The van der Waals surface area contributed by atoms with E-state index in [0.29, 0.717) is 29.8 Å². The maximum atomic E-state index is 14.1. The van der Waals surface area contributed by atoms with Crippen molar-refractivity contribution in [2.45, 2.75) is 31.2 Å². The molecule has 1 aromatic rings. The molecule has 2 aliphatic heterocycles. The SMILES string of the molecule is CCOC(=O)C1=C(CN2CCN(S(=O)(=O)c3ccc(F)c(F)c3F)CC2)NC(=O)N[C@@H]1CC. The number of hydrogen-bond donors (Lipinski definition) is 2. The Labute approximate surface area is 189 Å². The van der Waals surface area contributed by atoms with Crippen LogP contribution >= 0.6 is 0 Å². The van der Waals surface area contributed by atoms with E-state index in [-0.39, 0.29) is 39.3 Å². The summed E-state index contributed by atoms with van der Waals surface area (Å²) in [4.78, 5) is 25.4. The molecular formula is C20H25F3N4O5S. The van der Waals surface area contributed by atoms with Gasteiger partial charge in [0.05, 0.1) is 18.2 Å². The number of benzene rings is 1. The molecule has 0 radical (unpaired) electrons. The molecule has 1 aromatic carbocycles. The number of esters is 1. The minimum absolute atomic E-state index is 0.0494. The second-order valence-electron chi connectivity index (χ2n) is 7.53. The lowest BCUT2D eigenvalue weighted by Crippen LogP contribution is -2.54. The Hall–Kier alpha value is -2.64. The Morgan fingerprint density at radius 3 is 2.39 bits per heavy atom. The van der Waals surface area contributed by atoms with Crippen LogP contribution < -0.4 is 10.6 Å². The molecule has 0 saturated carbocycles. The number of nitrogens with zero attached hydrogens (tertiary/aromatic N) is 2. The molecule has 1 fully saturated rings. The summed E-state index contributed by atoms with van der Waals surface area (Å²) in [6.07, 6.45) is 0.469. The summed E-state index contributed by atoms with van der Waals surface area (Å²) in [6.45, 7) is 4.10. The minimum Gasteiger partial charge on any atom is -0.463 e. The van der Waals surface area contributed by atoms with Crippen molar-refractivity contribution in [2.75, 3.05) is 39.3 Å². The van der Waals surface area contributed by atoms with Crippen LogP contribution in [-0.2, 0) is 19.6 Å². The molecule has 0 aromatic heterocycles. The van der Waals surface area contributed by atoms with E-state index >= 15 is 0 Å². The number of hydrogen-bond acceptors (Lipinski definition) is 6. The molecule has 13 heteroatoms. The lowest BCUT2D eigenvalue weighted by molar-refractivity contribution is -0.139. The van der Waals surface area contributed by atoms with Crippen molar-refractivity contribution >= 4 is 22.0 Å². The molecule has 3 rings (SSSR count). The molecule has 0 spiro atoms. The van der Waals surface area contributed by atoms with Gasteiger partial charge < -0.3 is 15.4 Å². The van der Waals surface area contributed by atoms with Gasteiger partial charge in [0.15, 0.2) is 17.5 Å². The summed E-state index contributed by atoms with van der Waals surface area (Å²) >= 11 is 0. The molecular weight excluding hydrogens is 465 g/mol. The van der Waals surface area contributed by atoms with Gasteiger partial charge in [-0.1, -0.05) is 6.92 Å². The van der Waals surface area contributed by atoms with E-state index in [2.05, 4.69) is 10.6 Å². The Morgan fingerprint density at radius 1 is 1.12 bits per heavy atom. The van der Waals surface area contributed by atoms with E-state index in [1.807, 2.05) is 11.8 Å². The Kier molecular flexibility index (Phi) is 7.65. The summed E-state index contributed by atoms with van der Waals surface area (Å²) in [6, 6.07) is 0.279. The van der Waals surface area contributed by atoms with Crippen molar-refractivity contribution in [2.24, 2.45) is 0 Å². The third kappa shape index (κ3) is 5.14. The van der Waals surface area contributed by atoms with Gasteiger partial charge in [0.1, 0.15) is 4.90 Å². The third-order valence-electron chi connectivity index (χ3n) is 5.48. The molecule has 0 bridgehead atoms. The number of carbonyl (C=O) groups excluding carboxylic acids is 2. The average Bonchev–Trinajstić information content (AvgIpc) is 2.77. The lowest BCUT2D eigenvalue weighted by Gasteiger charge is -2.36. The molecule has 1 saturated heterocycles. The Morgan fingerprint density at radius 2 is 1.79 bits per heavy atom. The zero-order chi connectivity index (χ0) is 24.3. The van der Waals surface area contributed by atoms with Gasteiger partial charge in [-0.2, -0.15) is 4.31 Å². The third-order valence-corrected chi connectivity index (χ3v) is 7.39. The fraction of sp³-hybridized carbons (Fsp3) is 0.500. The van der Waals surface area contributed by atoms with Gasteiger partial charge in [0.2, 0.25) is 10.0 Å². The quantitative estimate of drug-likeness (QED) is 0.441. The van der Waals surface area contributed by atoms with Crippen LogP contribution in [0.1, 0.15) is 20.3 Å². The van der Waals surface area contributed by atoms with Crippen molar-refractivity contribution in [1.82, 2.24) is 19.8 Å². The molecule has 33 heavy (non-hydrogen) atoms. The summed E-state index contributed by atoms with van der Waals surface area (Å²) in [5.74, 6) is -5.64. The number of piperazine rings is 1. The van der Waals surface area contributed by atoms with Crippen LogP contribution in [0.5, 0.6) is 0 Å². The van der Waals surface area contributed by atoms with Crippen molar-refractivity contribution in [3.05, 3.63) is 40.9 Å². The molecule has 9 nitrogen and oxygen atoms in total. The van der Waals surface area contributed by atoms with Crippen molar-refractivity contribution in [3.63, 3.8) is 0 Å². The van der Waals surface area contributed by atoms with Crippen LogP contribution in [0.2, 0.25) is 0 Å². The lowest BCUT2D eigenvalue weighted by atomic mass is 10.00. The summed E-state index contributed by atoms with van der Waals surface area (Å²) in [5, 5.41) is 5.31. The van der Waals surface area contributed by atoms with E-state index in [1.165, 1.54) is 0 Å². The predicted octanol–water partition coefficient (Wildman–Crippen LogP) is 1.32. The van der Waals surface area contributed by atoms with Gasteiger partial charge >= 0.3 is 12.0 Å². The normalized spacial score (nSPS) is 20.4. The van der Waals surface area contributed by atoms with Crippen LogP contribution in [0.3, 0.4) is 0 Å². The van der Waals surface area contributed by atoms with Gasteiger partial charge in [-0.05, 0) is 25.5 Å². The fourth-order valence-corrected chi connectivity index (χ4v) is 5.26. The second-order valence-corrected chi connectivity index (χ2v) is 9.43. The van der Waals surface area contributed by atoms with Crippen molar-refractivity contribution in [3.8, 4) is 0 Å². The van der Waals surface area contributed by atoms with E-state index in [0.717, 1.165) is 4.31 Å². The van der Waals surface area contributed by atoms with Gasteiger partial charge in [-0.3, -0.25) is 4.90 Å². The highest BCUT2D eigenvalue weighted by molar-refractivity contribution is 7.89. The molecule has 2 heterocycles. The summed E-state index contributed by atoms with van der Waals surface area (Å²) in [5.41, 5.74) is 0.671. The number of sulfonamides is 1. The fourth-order valence-electron chi connectivity index (χ4n) is 3.78. The van der Waals surface area contributed by atoms with Crippen LogP contribution in [0.25, 0.3) is 0 Å². The number of rotatable bonds is 7. The standard InChI is InChI=1S/C20H25F3N4O5S/c1-3-13-16(19(28)32-4-2)14(25-20(29)24-13)11-26-7-9-27(10-8-26)33(30,31)15-6-5-12(21)17(22)18(15)23/h5-6,13H,3-4,7-11H2,1-2H3,(H2,24,25,29)/t13-/m1/s1. The first-order valence-corrected chi connectivity index (χ1v) is 11.9. The summed E-state index contributed by atoms with van der Waals surface area (Å²) < 4.78 is 72.4. The highest BCUT2D eigenvalue weighted by Crippen LogP contribution is 2.25. The largest absolute Gasteiger partial charge is 0.463 e. The molecule has 0 unspecified atom stereocenters. The topological polar surface area (TPSA) is 108 Å². The Balaban J connectivity index is 1.75. The van der Waals surface area contributed by atoms with Gasteiger partial charge in [0.25, 0.3) is 0 Å². The molecule has 0 aliphatic carbocycles. The maximum absolute atomic E-state index is 14.1. The van der Waals surface area contributed by atoms with Crippen LogP contribution in [0, 0.1) is 17.5 Å². The number of nitrogens with one attached hydrogen (secondary N) is 2. The first-order valence-electron chi connectivity index (χ1n) is 10.4. The monoisotopic (exact) mass is 490 g/mol. The minimum atomic E-state index is -4.38. The zero-order valence-electron chi connectivity index (χ0n) is 18.2. The number of amides is 2. The summed E-state index contributed by atoms with van der Waals surface area (Å²) in [7, 11) is -4.38. The van der Waals surface area contributed by atoms with E-state index < -0.39 is 50.4 Å². The molecule has 2 amide bonds. The van der Waals surface area contributed by atoms with Gasteiger partial charge in [-0.25, -0.2) is 31.2 Å². The molecule has 2 N–H and O–H groups in total. The molecule has 1 atom stereocenters. The van der Waals surface area contributed by atoms with Crippen LogP contribution in [-0.4, -0.2) is 75.0 Å². The maximum Gasteiger partial charge on any atom is 0.337 e. The average molecular weight is 491 g/mol. The first kappa shape index (κ1) is 25.0. The van der Waals surface area contributed by atoms with Crippen molar-refractivity contribution < 1.29 is 35.9 Å². The van der Waals surface area contributed by atoms with Crippen LogP contribution in [0.15, 0.2) is 28.3 Å². The highest BCUT2D eigenvalue weighted by atomic mass is 32.2. The van der Waals surface area contributed by atoms with Crippen LogP contribution in [0.4, 0.5) is 18.0 Å². The number of halogens is 3. The first-order chi connectivity index (χ1) is 15.6. The second kappa shape index (κ2) is 10.1. The van der Waals surface area contributed by atoms with Gasteiger partial charge in [-0.15, -0.1) is 0 Å². The molecule has 182 valence electrons. The van der Waals surface area contributed by atoms with E-state index in [9.17, 15) is 31.2 Å². The highest BCUT2D eigenvalue weighted by Gasteiger charge is 2.35. The predicted molar refractivity (Wildman–Crippen MR) is 111 cm³/mol.